The molecule has 1 rings (SSSR count). The number of carbonyl (C=O) groups excluding carboxylic acids is 1. The summed E-state index contributed by atoms with van der Waals surface area (Å²) < 4.78 is 25.3. The minimum Gasteiger partial charge on any atom is -0.365 e. The van der Waals surface area contributed by atoms with E-state index in [1.807, 2.05) is 0 Å². The summed E-state index contributed by atoms with van der Waals surface area (Å²) in [7, 11) is 0. The van der Waals surface area contributed by atoms with Crippen LogP contribution in [0, 0.1) is 0 Å². The average Bonchev–Trinajstić information content (AvgIpc) is 1.85. The Bertz CT molecular complexity index is 255. The fourth-order valence-electron chi connectivity index (χ4n) is 0.934. The van der Waals surface area contributed by atoms with Crippen LogP contribution in [0.3, 0.4) is 0 Å². The highest BCUT2D eigenvalue weighted by molar-refractivity contribution is 5.96. The van der Waals surface area contributed by atoms with Gasteiger partial charge in [-0.3, -0.25) is 4.79 Å². The number of carbonyl (C=O) groups is 1. The van der Waals surface area contributed by atoms with Crippen LogP contribution in [-0.4, -0.2) is 5.91 Å². The lowest BCUT2D eigenvalue weighted by Crippen LogP contribution is -2.17. The Morgan fingerprint density at radius 2 is 2.18 bits per heavy atom. The van der Waals surface area contributed by atoms with Crippen molar-refractivity contribution in [3.8, 4) is 0 Å². The van der Waals surface area contributed by atoms with Crippen LogP contribution >= 0.6 is 0 Å². The van der Waals surface area contributed by atoms with Gasteiger partial charge >= 0.3 is 0 Å². The molecule has 0 bridgehead atoms. The van der Waals surface area contributed by atoms with Gasteiger partial charge in [-0.25, -0.2) is 8.78 Å². The first kappa shape index (κ1) is 7.91. The number of hydrogen-bond donors (Lipinski definition) is 1. The summed E-state index contributed by atoms with van der Waals surface area (Å²) in [6.07, 6.45) is 1.50. The maximum Gasteiger partial charge on any atom is 0.254 e. The molecule has 0 radical (unpaired) electrons. The summed E-state index contributed by atoms with van der Waals surface area (Å²) in [5.41, 5.74) is 4.13. The molecule has 4 heteroatoms. The zero-order chi connectivity index (χ0) is 8.43. The minimum absolute atomic E-state index is 0.0612. The van der Waals surface area contributed by atoms with Crippen LogP contribution in [0.5, 0.6) is 0 Å². The van der Waals surface area contributed by atoms with Gasteiger partial charge < -0.3 is 5.73 Å². The van der Waals surface area contributed by atoms with Crippen LogP contribution in [0.15, 0.2) is 23.3 Å². The molecule has 0 aliphatic heterocycles. The summed E-state index contributed by atoms with van der Waals surface area (Å²) in [5.74, 6) is -2.64. The normalized spacial score (nSPS) is 18.2. The molecule has 0 heterocycles. The van der Waals surface area contributed by atoms with Crippen molar-refractivity contribution in [1.82, 2.24) is 0 Å². The molecule has 0 spiro atoms. The number of halogens is 2. The van der Waals surface area contributed by atoms with Crippen LogP contribution in [0.1, 0.15) is 12.8 Å². The maximum atomic E-state index is 12.6. The van der Waals surface area contributed by atoms with Crippen LogP contribution < -0.4 is 5.73 Å². The fourth-order valence-corrected chi connectivity index (χ4v) is 0.934. The third kappa shape index (κ3) is 1.45. The molecule has 0 saturated carbocycles. The van der Waals surface area contributed by atoms with E-state index in [-0.39, 0.29) is 12.8 Å². The number of nitrogens with two attached hydrogens (primary N) is 1. The number of hydrogen-bond acceptors (Lipinski definition) is 1. The second-order valence-electron chi connectivity index (χ2n) is 2.23. The van der Waals surface area contributed by atoms with Gasteiger partial charge in [0.25, 0.3) is 5.91 Å². The Labute approximate surface area is 62.4 Å². The third-order valence-electron chi connectivity index (χ3n) is 1.44. The van der Waals surface area contributed by atoms with E-state index in [4.69, 9.17) is 5.73 Å². The summed E-state index contributed by atoms with van der Waals surface area (Å²) in [5, 5.41) is 0. The van der Waals surface area contributed by atoms with Crippen molar-refractivity contribution in [2.24, 2.45) is 5.73 Å². The molecule has 60 valence electrons. The van der Waals surface area contributed by atoms with Gasteiger partial charge in [0.15, 0.2) is 0 Å². The first-order valence-electron chi connectivity index (χ1n) is 3.17. The van der Waals surface area contributed by atoms with Crippen molar-refractivity contribution in [2.75, 3.05) is 0 Å². The Morgan fingerprint density at radius 1 is 1.55 bits per heavy atom. The van der Waals surface area contributed by atoms with Gasteiger partial charge in [0.05, 0.1) is 0 Å². The standard InChI is InChI=1S/C7H7F2NO/c8-4-2-1-3-5(9)6(4)7(10)11/h2H,1,3H2,(H2,10,11). The molecule has 11 heavy (non-hydrogen) atoms. The lowest BCUT2D eigenvalue weighted by atomic mass is 10.0. The molecule has 0 atom stereocenters. The van der Waals surface area contributed by atoms with Crippen molar-refractivity contribution < 1.29 is 13.6 Å². The lowest BCUT2D eigenvalue weighted by molar-refractivity contribution is -0.114. The number of amides is 1. The topological polar surface area (TPSA) is 43.1 Å². The van der Waals surface area contributed by atoms with Gasteiger partial charge in [0.2, 0.25) is 0 Å². The quantitative estimate of drug-likeness (QED) is 0.616. The SMILES string of the molecule is NC(=O)C1=C(F)CCC=C1F. The second-order valence-corrected chi connectivity index (χ2v) is 2.23. The van der Waals surface area contributed by atoms with Crippen molar-refractivity contribution in [2.45, 2.75) is 12.8 Å². The molecular weight excluding hydrogens is 152 g/mol. The van der Waals surface area contributed by atoms with Gasteiger partial charge in [-0.1, -0.05) is 0 Å². The number of allylic oxidation sites excluding steroid dienone is 2. The predicted molar refractivity (Wildman–Crippen MR) is 35.8 cm³/mol. The molecule has 1 aliphatic rings. The molecule has 1 aliphatic carbocycles. The molecule has 0 fully saturated rings. The Hall–Kier alpha value is -1.19. The van der Waals surface area contributed by atoms with Crippen molar-refractivity contribution in [3.63, 3.8) is 0 Å². The third-order valence-corrected chi connectivity index (χ3v) is 1.44. The average molecular weight is 159 g/mol. The van der Waals surface area contributed by atoms with E-state index < -0.39 is 23.1 Å². The van der Waals surface area contributed by atoms with Crippen molar-refractivity contribution in [1.29, 1.82) is 0 Å². The van der Waals surface area contributed by atoms with E-state index >= 15 is 0 Å². The molecule has 0 saturated heterocycles. The molecule has 2 nitrogen and oxygen atoms in total. The Balaban J connectivity index is 3.04. The smallest absolute Gasteiger partial charge is 0.254 e. The maximum absolute atomic E-state index is 12.6. The summed E-state index contributed by atoms with van der Waals surface area (Å²) >= 11 is 0. The predicted octanol–water partition coefficient (Wildman–Crippen LogP) is 1.34. The van der Waals surface area contributed by atoms with Crippen LogP contribution in [0.2, 0.25) is 0 Å². The molecule has 0 aromatic rings. The van der Waals surface area contributed by atoms with Crippen molar-refractivity contribution in [3.05, 3.63) is 23.3 Å². The summed E-state index contributed by atoms with van der Waals surface area (Å²) in [4.78, 5) is 10.4. The van der Waals surface area contributed by atoms with E-state index in [0.29, 0.717) is 0 Å². The van der Waals surface area contributed by atoms with E-state index in [1.165, 1.54) is 0 Å². The second kappa shape index (κ2) is 2.82. The lowest BCUT2D eigenvalue weighted by Gasteiger charge is -2.07. The number of rotatable bonds is 1. The van der Waals surface area contributed by atoms with Crippen LogP contribution in [-0.2, 0) is 4.79 Å². The van der Waals surface area contributed by atoms with Gasteiger partial charge in [0, 0.05) is 6.42 Å². The minimum atomic E-state index is -1.05. The largest absolute Gasteiger partial charge is 0.365 e. The first-order chi connectivity index (χ1) is 5.13. The Kier molecular flexibility index (Phi) is 2.03. The van der Waals surface area contributed by atoms with E-state index in [0.717, 1.165) is 6.08 Å². The van der Waals surface area contributed by atoms with Gasteiger partial charge in [-0.2, -0.15) is 0 Å². The molecule has 0 aromatic carbocycles. The van der Waals surface area contributed by atoms with Gasteiger partial charge in [0.1, 0.15) is 17.2 Å². The highest BCUT2D eigenvalue weighted by Gasteiger charge is 2.20. The molecule has 1 amide bonds. The summed E-state index contributed by atoms with van der Waals surface area (Å²) in [6.45, 7) is 0. The zero-order valence-electron chi connectivity index (χ0n) is 5.73. The van der Waals surface area contributed by atoms with E-state index in [2.05, 4.69) is 0 Å². The first-order valence-corrected chi connectivity index (χ1v) is 3.17. The van der Waals surface area contributed by atoms with Crippen molar-refractivity contribution >= 4 is 5.91 Å². The molecule has 0 unspecified atom stereocenters. The highest BCUT2D eigenvalue weighted by Crippen LogP contribution is 2.26. The van der Waals surface area contributed by atoms with E-state index in [9.17, 15) is 13.6 Å². The van der Waals surface area contributed by atoms with Crippen LogP contribution in [0.25, 0.3) is 0 Å². The van der Waals surface area contributed by atoms with Crippen LogP contribution in [0.4, 0.5) is 8.78 Å². The fraction of sp³-hybridized carbons (Fsp3) is 0.286. The van der Waals surface area contributed by atoms with E-state index in [1.54, 1.807) is 0 Å². The molecule has 2 N–H and O–H groups in total. The molecule has 0 aromatic heterocycles. The summed E-state index contributed by atoms with van der Waals surface area (Å²) in [6, 6.07) is 0. The number of primary amides is 1. The zero-order valence-corrected chi connectivity index (χ0v) is 5.73. The monoisotopic (exact) mass is 159 g/mol. The van der Waals surface area contributed by atoms with Gasteiger partial charge in [-0.15, -0.1) is 0 Å². The Morgan fingerprint density at radius 3 is 2.55 bits per heavy atom. The highest BCUT2D eigenvalue weighted by atomic mass is 19.1. The molecular formula is C7H7F2NO. The van der Waals surface area contributed by atoms with Gasteiger partial charge in [-0.05, 0) is 12.5 Å².